The van der Waals surface area contributed by atoms with E-state index in [2.05, 4.69) is 5.32 Å². The number of nitrogens with one attached hydrogen (secondary N) is 1. The van der Waals surface area contributed by atoms with Crippen LogP contribution in [0.5, 0.6) is 0 Å². The molecule has 2 N–H and O–H groups in total. The van der Waals surface area contributed by atoms with Crippen LogP contribution in [-0.4, -0.2) is 36.6 Å². The summed E-state index contributed by atoms with van der Waals surface area (Å²) in [5.41, 5.74) is 1.85. The summed E-state index contributed by atoms with van der Waals surface area (Å²) in [5.74, 6) is 1.42. The van der Waals surface area contributed by atoms with E-state index in [1.165, 1.54) is 19.3 Å². The van der Waals surface area contributed by atoms with Crippen molar-refractivity contribution in [1.82, 2.24) is 5.32 Å². The average Bonchev–Trinajstić information content (AvgIpc) is 3.53. The van der Waals surface area contributed by atoms with E-state index in [0.29, 0.717) is 24.7 Å². The Morgan fingerprint density at radius 3 is 2.88 bits per heavy atom. The predicted octanol–water partition coefficient (Wildman–Crippen LogP) is 4.49. The number of carbonyl (C=O) groups is 1. The van der Waals surface area contributed by atoms with Crippen molar-refractivity contribution >= 4 is 16.9 Å². The van der Waals surface area contributed by atoms with Crippen LogP contribution in [0.3, 0.4) is 0 Å². The fourth-order valence-electron chi connectivity index (χ4n) is 6.04. The largest absolute Gasteiger partial charge is 0.464 e. The number of hydrogen-bond donors (Lipinski definition) is 2. The lowest BCUT2D eigenvalue weighted by molar-refractivity contribution is -0.166. The summed E-state index contributed by atoms with van der Waals surface area (Å²) < 4.78 is 17.9. The molecule has 0 radical (unpaired) electrons. The van der Waals surface area contributed by atoms with Crippen molar-refractivity contribution in [2.24, 2.45) is 17.8 Å². The molecule has 1 aliphatic heterocycles. The molecule has 1 aromatic heterocycles. The molecule has 2 saturated carbocycles. The lowest BCUT2D eigenvalue weighted by Crippen LogP contribution is -2.43. The Hall–Kier alpha value is -2.31. The van der Waals surface area contributed by atoms with Gasteiger partial charge in [0.25, 0.3) is 5.91 Å². The van der Waals surface area contributed by atoms with E-state index in [4.69, 9.17) is 13.9 Å². The molecule has 2 heterocycles. The van der Waals surface area contributed by atoms with Crippen molar-refractivity contribution in [3.05, 3.63) is 47.9 Å². The maximum atomic E-state index is 13.3. The van der Waals surface area contributed by atoms with E-state index >= 15 is 0 Å². The van der Waals surface area contributed by atoms with Crippen LogP contribution in [-0.2, 0) is 14.3 Å². The Morgan fingerprint density at radius 2 is 2.12 bits per heavy atom. The highest BCUT2D eigenvalue weighted by Crippen LogP contribution is 2.45. The fourth-order valence-corrected chi connectivity index (χ4v) is 6.04. The molecule has 6 atom stereocenters. The van der Waals surface area contributed by atoms with Gasteiger partial charge in [-0.15, -0.1) is 0 Å². The zero-order chi connectivity index (χ0) is 22.1. The Morgan fingerprint density at radius 1 is 1.25 bits per heavy atom. The second kappa shape index (κ2) is 9.28. The summed E-state index contributed by atoms with van der Waals surface area (Å²) in [7, 11) is 0. The van der Waals surface area contributed by atoms with Crippen LogP contribution in [0, 0.1) is 17.8 Å². The SMILES string of the molecule is CCO[C@H]1OC(C(=O)NC2CC3CCC2C3)=C[C@@H](c2coc3ccccc23)[C@@H]1CCCO. The van der Waals surface area contributed by atoms with Gasteiger partial charge in [0.2, 0.25) is 6.29 Å². The van der Waals surface area contributed by atoms with E-state index in [9.17, 15) is 9.90 Å². The van der Waals surface area contributed by atoms with Gasteiger partial charge in [-0.05, 0) is 63.0 Å². The van der Waals surface area contributed by atoms with Gasteiger partial charge in [0, 0.05) is 42.0 Å². The monoisotopic (exact) mass is 439 g/mol. The van der Waals surface area contributed by atoms with Crippen LogP contribution < -0.4 is 5.32 Å². The first-order valence-corrected chi connectivity index (χ1v) is 12.1. The Balaban J connectivity index is 1.46. The van der Waals surface area contributed by atoms with E-state index in [0.717, 1.165) is 35.3 Å². The number of para-hydroxylation sites is 1. The Labute approximate surface area is 189 Å². The number of amides is 1. The van der Waals surface area contributed by atoms with E-state index in [-0.39, 0.29) is 30.4 Å². The van der Waals surface area contributed by atoms with Gasteiger partial charge in [-0.3, -0.25) is 4.79 Å². The third-order valence-electron chi connectivity index (χ3n) is 7.56. The van der Waals surface area contributed by atoms with Crippen molar-refractivity contribution in [2.45, 2.75) is 63.7 Å². The molecule has 1 amide bonds. The summed E-state index contributed by atoms with van der Waals surface area (Å²) in [6.07, 6.45) is 9.38. The molecule has 3 unspecified atom stereocenters. The lowest BCUT2D eigenvalue weighted by atomic mass is 9.80. The normalized spacial score (nSPS) is 31.5. The number of ether oxygens (including phenoxy) is 2. The van der Waals surface area contributed by atoms with Crippen molar-refractivity contribution in [3.8, 4) is 0 Å². The van der Waals surface area contributed by atoms with E-state index < -0.39 is 6.29 Å². The summed E-state index contributed by atoms with van der Waals surface area (Å²) >= 11 is 0. The van der Waals surface area contributed by atoms with Gasteiger partial charge >= 0.3 is 0 Å². The Kier molecular flexibility index (Phi) is 6.24. The third-order valence-corrected chi connectivity index (χ3v) is 7.56. The summed E-state index contributed by atoms with van der Waals surface area (Å²) in [6, 6.07) is 8.20. The van der Waals surface area contributed by atoms with Crippen LogP contribution in [0.15, 0.2) is 46.8 Å². The topological polar surface area (TPSA) is 80.9 Å². The van der Waals surface area contributed by atoms with Gasteiger partial charge < -0.3 is 24.3 Å². The number of aliphatic hydroxyl groups is 1. The molecule has 5 rings (SSSR count). The Bertz CT molecular complexity index is 982. The van der Waals surface area contributed by atoms with E-state index in [1.54, 1.807) is 6.26 Å². The molecule has 2 aliphatic carbocycles. The zero-order valence-electron chi connectivity index (χ0n) is 18.7. The summed E-state index contributed by atoms with van der Waals surface area (Å²) in [5, 5.41) is 13.8. The molecular weight excluding hydrogens is 406 g/mol. The number of hydrogen-bond acceptors (Lipinski definition) is 5. The number of allylic oxidation sites excluding steroid dienone is 1. The van der Waals surface area contributed by atoms with Gasteiger partial charge in [-0.1, -0.05) is 24.6 Å². The number of benzene rings is 1. The maximum absolute atomic E-state index is 13.3. The van der Waals surface area contributed by atoms with Gasteiger partial charge in [-0.2, -0.15) is 0 Å². The van der Waals surface area contributed by atoms with Gasteiger partial charge in [0.05, 0.1) is 6.26 Å². The summed E-state index contributed by atoms with van der Waals surface area (Å²) in [6.45, 7) is 2.53. The first kappa shape index (κ1) is 21.5. The molecule has 3 aliphatic rings. The second-order valence-electron chi connectivity index (χ2n) is 9.47. The molecule has 32 heavy (non-hydrogen) atoms. The highest BCUT2D eigenvalue weighted by atomic mass is 16.7. The highest BCUT2D eigenvalue weighted by molar-refractivity contribution is 5.92. The van der Waals surface area contributed by atoms with Crippen LogP contribution >= 0.6 is 0 Å². The minimum atomic E-state index is -0.545. The number of aliphatic hydroxyl groups excluding tert-OH is 1. The number of rotatable bonds is 8. The van der Waals surface area contributed by atoms with Crippen molar-refractivity contribution in [1.29, 1.82) is 0 Å². The van der Waals surface area contributed by atoms with Gasteiger partial charge in [0.1, 0.15) is 5.58 Å². The van der Waals surface area contributed by atoms with Gasteiger partial charge in [0.15, 0.2) is 5.76 Å². The van der Waals surface area contributed by atoms with Crippen molar-refractivity contribution in [2.75, 3.05) is 13.2 Å². The first-order chi connectivity index (χ1) is 15.7. The zero-order valence-corrected chi connectivity index (χ0v) is 18.7. The molecular formula is C26H33NO5. The maximum Gasteiger partial charge on any atom is 0.286 e. The standard InChI is InChI=1S/C26H33NO5/c1-2-30-26-19(7-5-11-28)20(21-15-31-23-8-4-3-6-18(21)23)14-24(32-26)25(29)27-22-13-16-9-10-17(22)12-16/h3-4,6,8,14-17,19-20,22,26,28H,2,5,7,9-13H2,1H3,(H,27,29)/t16?,17?,19-,20+,22?,26-/m0/s1. The average molecular weight is 440 g/mol. The van der Waals surface area contributed by atoms with Crippen molar-refractivity contribution in [3.63, 3.8) is 0 Å². The minimum absolute atomic E-state index is 0.0258. The molecule has 1 aromatic carbocycles. The first-order valence-electron chi connectivity index (χ1n) is 12.1. The van der Waals surface area contributed by atoms with Crippen LogP contribution in [0.4, 0.5) is 0 Å². The highest BCUT2D eigenvalue weighted by Gasteiger charge is 2.42. The van der Waals surface area contributed by atoms with Crippen LogP contribution in [0.1, 0.15) is 56.9 Å². The van der Waals surface area contributed by atoms with Crippen molar-refractivity contribution < 1.29 is 23.8 Å². The lowest BCUT2D eigenvalue weighted by Gasteiger charge is -2.37. The summed E-state index contributed by atoms with van der Waals surface area (Å²) in [4.78, 5) is 13.3. The molecule has 6 nitrogen and oxygen atoms in total. The predicted molar refractivity (Wildman–Crippen MR) is 121 cm³/mol. The number of furan rings is 1. The molecule has 0 saturated heterocycles. The van der Waals surface area contributed by atoms with E-state index in [1.807, 2.05) is 37.3 Å². The smallest absolute Gasteiger partial charge is 0.286 e. The number of carbonyl (C=O) groups excluding carboxylic acids is 1. The fraction of sp³-hybridized carbons (Fsp3) is 0.577. The molecule has 172 valence electrons. The third kappa shape index (κ3) is 4.06. The number of fused-ring (bicyclic) bond motifs is 3. The second-order valence-corrected chi connectivity index (χ2v) is 9.47. The molecule has 2 aromatic rings. The molecule has 2 fully saturated rings. The van der Waals surface area contributed by atoms with Crippen LogP contribution in [0.25, 0.3) is 11.0 Å². The minimum Gasteiger partial charge on any atom is -0.464 e. The molecule has 6 heteroatoms. The molecule has 0 spiro atoms. The molecule has 2 bridgehead atoms. The van der Waals surface area contributed by atoms with Crippen LogP contribution in [0.2, 0.25) is 0 Å². The quantitative estimate of drug-likeness (QED) is 0.634. The van der Waals surface area contributed by atoms with Gasteiger partial charge in [-0.25, -0.2) is 0 Å².